The van der Waals surface area contributed by atoms with Gasteiger partial charge in [0, 0.05) is 11.5 Å². The largest absolute Gasteiger partial charge is 1.00 e. The van der Waals surface area contributed by atoms with Gasteiger partial charge in [-0.05, 0) is 12.1 Å². The van der Waals surface area contributed by atoms with Crippen LogP contribution in [0.15, 0.2) is 106 Å². The van der Waals surface area contributed by atoms with Crippen LogP contribution in [0.4, 0.5) is 0 Å². The molecule has 1 aromatic heterocycles. The zero-order valence-corrected chi connectivity index (χ0v) is 34.9. The molecule has 0 fully saturated rings. The second-order valence-electron chi connectivity index (χ2n) is 8.58. The molecule has 1 aliphatic heterocycles. The molecule has 3 aromatic carbocycles. The van der Waals surface area contributed by atoms with Crippen molar-refractivity contribution in [1.29, 1.82) is 0 Å². The molecule has 0 radical (unpaired) electrons. The monoisotopic (exact) mass is 896 g/mol. The number of carbonyl (C=O) groups excluding carboxylic acids is 1. The molecule has 2 heterocycles. The fraction of sp³-hybridized carbons (Fsp3) is 0. The maximum Gasteiger partial charge on any atom is 1.00 e. The number of rotatable bonds is 3. The molecule has 8 nitrogen and oxygen atoms in total. The van der Waals surface area contributed by atoms with Gasteiger partial charge in [-0.1, -0.05) is 18.2 Å². The number of carboxylic acid groups (broad SMARTS) is 1. The molecule has 196 valence electrons. The van der Waals surface area contributed by atoms with Gasteiger partial charge in [-0.3, -0.25) is 0 Å². The summed E-state index contributed by atoms with van der Waals surface area (Å²) in [6, 6.07) is 21.3. The molecule has 6 rings (SSSR count). The van der Waals surface area contributed by atoms with Crippen molar-refractivity contribution in [2.45, 2.75) is 0 Å². The maximum atomic E-state index is 12.5. The van der Waals surface area contributed by atoms with Crippen molar-refractivity contribution in [2.75, 3.05) is 0 Å². The first kappa shape index (κ1) is 35.2. The van der Waals surface area contributed by atoms with Gasteiger partial charge in [0.2, 0.25) is 0 Å². The predicted molar refractivity (Wildman–Crippen MR) is 148 cm³/mol. The zero-order chi connectivity index (χ0) is 28.6. The van der Waals surface area contributed by atoms with Crippen molar-refractivity contribution in [1.82, 2.24) is 0 Å². The molecule has 0 saturated heterocycles. The molecular weight excluding hydrogens is 883 g/mol. The number of benzene rings is 4. The fourth-order valence-corrected chi connectivity index (χ4v) is 9.06. The molecule has 13 heteroatoms. The summed E-state index contributed by atoms with van der Waals surface area (Å²) in [5.41, 5.74) is 1.48. The first-order chi connectivity index (χ1) is 19.2. The summed E-state index contributed by atoms with van der Waals surface area (Å²) < 4.78 is 21.5. The third-order valence-electron chi connectivity index (χ3n) is 6.17. The predicted octanol–water partition coefficient (Wildman–Crippen LogP) is -2.06. The van der Waals surface area contributed by atoms with E-state index < -0.39 is 31.0 Å². The number of para-hydroxylation sites is 1. The molecule has 0 unspecified atom stereocenters. The van der Waals surface area contributed by atoms with Crippen molar-refractivity contribution in [2.24, 2.45) is 0 Å². The topological polar surface area (TPSA) is 144 Å². The summed E-state index contributed by atoms with van der Waals surface area (Å²) in [5.74, 6) is -1.52. The summed E-state index contributed by atoms with van der Waals surface area (Å²) >= 11 is 3.71. The Morgan fingerprint density at radius 1 is 0.833 bits per heavy atom. The first-order valence-corrected chi connectivity index (χ1v) is 18.5. The van der Waals surface area contributed by atoms with E-state index >= 15 is 0 Å². The minimum atomic E-state index is -2.75. The maximum absolute atomic E-state index is 12.5. The van der Waals surface area contributed by atoms with Gasteiger partial charge in [0.05, 0.1) is 0 Å². The standard InChI is InChI=1S/C20H9Br2O5.C9H6O2.Hg.2Na.H2O/c21-13-5-11-17(7-15(13)23)27-18-8-16(24)14(22)6-12(18)19(11)9-3-1-2-4-10(9)20(25)26;10-9-6-5-7-3-1-2-4-8(7)11-9;;;;/h1-7,24H,(H,25,26);1-6H;;;;1H2/q;;3*+1;/p-3. The normalized spacial score (nSPS) is 10.3. The smallest absolute Gasteiger partial charge is 0.423 e. The van der Waals surface area contributed by atoms with E-state index in [1.807, 2.05) is 18.2 Å². The van der Waals surface area contributed by atoms with Crippen LogP contribution in [0.1, 0.15) is 10.4 Å². The molecule has 0 saturated carbocycles. The Morgan fingerprint density at radius 2 is 1.52 bits per heavy atom. The van der Waals surface area contributed by atoms with Crippen LogP contribution >= 0.6 is 31.9 Å². The molecule has 0 spiro atoms. The van der Waals surface area contributed by atoms with E-state index in [4.69, 9.17) is 8.83 Å². The summed E-state index contributed by atoms with van der Waals surface area (Å²) in [5, 5.41) is 25.7. The van der Waals surface area contributed by atoms with Crippen LogP contribution in [0.3, 0.4) is 0 Å². The fourth-order valence-electron chi connectivity index (χ4n) is 4.36. The van der Waals surface area contributed by atoms with Crippen LogP contribution in [-0.2, 0) is 25.0 Å². The van der Waals surface area contributed by atoms with Gasteiger partial charge in [-0.25, -0.2) is 4.79 Å². The van der Waals surface area contributed by atoms with Crippen molar-refractivity contribution < 1.29 is 111 Å². The molecule has 0 atom stereocenters. The van der Waals surface area contributed by atoms with Gasteiger partial charge >= 0.3 is 259 Å². The Labute approximate surface area is 312 Å². The minimum absolute atomic E-state index is 0. The van der Waals surface area contributed by atoms with Crippen molar-refractivity contribution in [3.05, 3.63) is 114 Å². The van der Waals surface area contributed by atoms with E-state index in [-0.39, 0.29) is 105 Å². The van der Waals surface area contributed by atoms with E-state index in [1.54, 1.807) is 42.5 Å². The van der Waals surface area contributed by atoms with E-state index in [0.29, 0.717) is 27.7 Å². The average Bonchev–Trinajstić information content (AvgIpc) is 2.94. The molecule has 1 N–H and O–H groups in total. The van der Waals surface area contributed by atoms with Crippen LogP contribution in [-0.4, -0.2) is 8.98 Å². The minimum Gasteiger partial charge on any atom is -0.423 e. The van der Waals surface area contributed by atoms with Crippen molar-refractivity contribution >= 4 is 62.8 Å². The van der Waals surface area contributed by atoms with Gasteiger partial charge in [0.25, 0.3) is 0 Å². The third-order valence-corrected chi connectivity index (χ3v) is 11.1. The van der Waals surface area contributed by atoms with Crippen LogP contribution in [0.5, 0.6) is 5.75 Å². The number of carboxylic acids is 1. The number of hydrogen-bond acceptors (Lipinski definition) is 8. The Bertz CT molecular complexity index is 2030. The van der Waals surface area contributed by atoms with Gasteiger partial charge in [-0.2, -0.15) is 0 Å². The van der Waals surface area contributed by atoms with Crippen LogP contribution in [0, 0.1) is 0 Å². The molecule has 2 aliphatic rings. The van der Waals surface area contributed by atoms with Gasteiger partial charge in [-0.15, -0.1) is 0 Å². The molecule has 4 aromatic rings. The first-order valence-electron chi connectivity index (χ1n) is 11.7. The Kier molecular flexibility index (Phi) is 12.7. The molecule has 0 amide bonds. The number of carbonyl (C=O) groups is 1. The number of hydrogen-bond donors (Lipinski definition) is 1. The van der Waals surface area contributed by atoms with E-state index in [2.05, 4.69) is 31.9 Å². The second kappa shape index (κ2) is 15.1. The van der Waals surface area contributed by atoms with Crippen LogP contribution in [0.2, 0.25) is 0 Å². The Balaban J connectivity index is 0.000000313. The summed E-state index contributed by atoms with van der Waals surface area (Å²) in [6.45, 7) is 0. The summed E-state index contributed by atoms with van der Waals surface area (Å²) in [4.78, 5) is 34.6. The number of halogens is 2. The Morgan fingerprint density at radius 3 is 2.24 bits per heavy atom. The zero-order valence-electron chi connectivity index (χ0n) is 22.3. The Hall–Kier alpha value is -1.31. The average molecular weight is 897 g/mol. The molecule has 0 bridgehead atoms. The second-order valence-corrected chi connectivity index (χ2v) is 14.3. The summed E-state index contributed by atoms with van der Waals surface area (Å²) in [7, 11) is 0. The molecule has 42 heavy (non-hydrogen) atoms. The van der Waals surface area contributed by atoms with Crippen LogP contribution < -0.4 is 83.5 Å². The van der Waals surface area contributed by atoms with E-state index in [0.717, 1.165) is 5.39 Å². The third kappa shape index (κ3) is 7.15. The van der Waals surface area contributed by atoms with Gasteiger partial charge in [0.1, 0.15) is 5.58 Å². The SMILES string of the molecule is O=C([O-])c1ccccc1-c1c2cc(Br)c(=O)cc-2oc2[c]([Hg][OH])c([O-])c(Br)cc12.O=c1ccc2ccccc2o1.[Na+].[Na+]. The number of aromatic carboxylic acids is 1. The van der Waals surface area contributed by atoms with Gasteiger partial charge in [0.15, 0.2) is 0 Å². The van der Waals surface area contributed by atoms with E-state index in [9.17, 15) is 27.6 Å². The van der Waals surface area contributed by atoms with Gasteiger partial charge < -0.3 is 4.42 Å². The van der Waals surface area contributed by atoms with Crippen molar-refractivity contribution in [3.63, 3.8) is 0 Å². The number of fused-ring (bicyclic) bond motifs is 3. The molecule has 1 aliphatic carbocycles. The van der Waals surface area contributed by atoms with Crippen molar-refractivity contribution in [3.8, 4) is 28.2 Å². The molecular formula is C29H14Br2HgNa2O8. The van der Waals surface area contributed by atoms with Crippen LogP contribution in [0.25, 0.3) is 44.4 Å². The summed E-state index contributed by atoms with van der Waals surface area (Å²) in [6.07, 6.45) is 0. The quantitative estimate of drug-likeness (QED) is 0.122. The van der Waals surface area contributed by atoms with E-state index in [1.165, 1.54) is 18.2 Å².